The van der Waals surface area contributed by atoms with E-state index in [0.717, 1.165) is 11.3 Å². The molecule has 3 aromatic rings. The average molecular weight is 346 g/mol. The van der Waals surface area contributed by atoms with Crippen LogP contribution in [0.3, 0.4) is 0 Å². The normalized spacial score (nSPS) is 11.7. The van der Waals surface area contributed by atoms with Crippen LogP contribution < -0.4 is 10.6 Å². The van der Waals surface area contributed by atoms with Gasteiger partial charge in [-0.1, -0.05) is 36.4 Å². The first-order chi connectivity index (χ1) is 12.5. The summed E-state index contributed by atoms with van der Waals surface area (Å²) in [6, 6.07) is 17.4. The average Bonchev–Trinajstić information content (AvgIpc) is 2.65. The number of nitrogens with one attached hydrogen (secondary N) is 2. The van der Waals surface area contributed by atoms with Gasteiger partial charge in [0.05, 0.1) is 6.04 Å². The van der Waals surface area contributed by atoms with E-state index in [1.54, 1.807) is 12.3 Å². The molecule has 1 atom stereocenters. The summed E-state index contributed by atoms with van der Waals surface area (Å²) in [6.45, 7) is 6.06. The molecule has 0 bridgehead atoms. The van der Waals surface area contributed by atoms with E-state index < -0.39 is 0 Å². The number of nitrogens with zero attached hydrogens (tertiary/aromatic N) is 2. The van der Waals surface area contributed by atoms with E-state index in [2.05, 4.69) is 34.4 Å². The van der Waals surface area contributed by atoms with Gasteiger partial charge in [0.15, 0.2) is 0 Å². The van der Waals surface area contributed by atoms with E-state index in [9.17, 15) is 4.79 Å². The highest BCUT2D eigenvalue weighted by Crippen LogP contribution is 2.17. The Morgan fingerprint density at radius 2 is 1.77 bits per heavy atom. The van der Waals surface area contributed by atoms with Crippen LogP contribution in [-0.2, 0) is 0 Å². The van der Waals surface area contributed by atoms with E-state index in [-0.39, 0.29) is 11.9 Å². The predicted octanol–water partition coefficient (Wildman–Crippen LogP) is 4.33. The van der Waals surface area contributed by atoms with Crippen LogP contribution in [0.2, 0.25) is 0 Å². The van der Waals surface area contributed by atoms with Crippen LogP contribution in [0.4, 0.5) is 11.6 Å². The Kier molecular flexibility index (Phi) is 5.27. The minimum Gasteiger partial charge on any atom is -0.344 e. The fraction of sp³-hybridized carbons (Fsp3) is 0.190. The summed E-state index contributed by atoms with van der Waals surface area (Å²) in [6.07, 6.45) is 1.58. The molecule has 0 aliphatic rings. The van der Waals surface area contributed by atoms with Gasteiger partial charge < -0.3 is 10.6 Å². The molecular formula is C21H22N4O. The maximum absolute atomic E-state index is 12.5. The van der Waals surface area contributed by atoms with Crippen molar-refractivity contribution in [2.24, 2.45) is 0 Å². The number of rotatable bonds is 5. The Morgan fingerprint density at radius 3 is 2.50 bits per heavy atom. The highest BCUT2D eigenvalue weighted by Gasteiger charge is 2.13. The first kappa shape index (κ1) is 17.6. The van der Waals surface area contributed by atoms with Crippen molar-refractivity contribution >= 4 is 17.5 Å². The number of carbonyl (C=O) groups excluding carboxylic acids is 1. The number of hydrogen-bond acceptors (Lipinski definition) is 4. The summed E-state index contributed by atoms with van der Waals surface area (Å²) in [7, 11) is 0. The third-order valence-corrected chi connectivity index (χ3v) is 4.30. The van der Waals surface area contributed by atoms with Gasteiger partial charge in [-0.15, -0.1) is 0 Å². The van der Waals surface area contributed by atoms with Crippen molar-refractivity contribution in [1.82, 2.24) is 15.3 Å². The summed E-state index contributed by atoms with van der Waals surface area (Å²) < 4.78 is 0. The Labute approximate surface area is 153 Å². The molecular weight excluding hydrogens is 324 g/mol. The lowest BCUT2D eigenvalue weighted by Gasteiger charge is -2.14. The molecule has 5 heteroatoms. The SMILES string of the molecule is Cc1ccc(Nc2nccc(C(=O)NC(C)c3ccccc3)n2)cc1C. The molecule has 2 N–H and O–H groups in total. The van der Waals surface area contributed by atoms with Crippen molar-refractivity contribution in [3.8, 4) is 0 Å². The first-order valence-electron chi connectivity index (χ1n) is 8.56. The van der Waals surface area contributed by atoms with Crippen LogP contribution in [0, 0.1) is 13.8 Å². The number of hydrogen-bond donors (Lipinski definition) is 2. The molecule has 0 aliphatic carbocycles. The molecule has 0 saturated heterocycles. The molecule has 0 aliphatic heterocycles. The Hall–Kier alpha value is -3.21. The molecule has 1 amide bonds. The van der Waals surface area contributed by atoms with Gasteiger partial charge >= 0.3 is 0 Å². The number of aromatic nitrogens is 2. The number of anilines is 2. The molecule has 3 rings (SSSR count). The topological polar surface area (TPSA) is 66.9 Å². The van der Waals surface area contributed by atoms with Gasteiger partial charge in [0, 0.05) is 11.9 Å². The van der Waals surface area contributed by atoms with Crippen molar-refractivity contribution in [2.45, 2.75) is 26.8 Å². The van der Waals surface area contributed by atoms with Crippen LogP contribution in [0.5, 0.6) is 0 Å². The zero-order valence-corrected chi connectivity index (χ0v) is 15.2. The number of amides is 1. The zero-order valence-electron chi connectivity index (χ0n) is 15.2. The fourth-order valence-corrected chi connectivity index (χ4v) is 2.59. The number of aryl methyl sites for hydroxylation is 2. The van der Waals surface area contributed by atoms with E-state index in [1.807, 2.05) is 55.5 Å². The highest BCUT2D eigenvalue weighted by atomic mass is 16.1. The first-order valence-corrected chi connectivity index (χ1v) is 8.56. The summed E-state index contributed by atoms with van der Waals surface area (Å²) >= 11 is 0. The van der Waals surface area contributed by atoms with Gasteiger partial charge in [0.2, 0.25) is 5.95 Å². The van der Waals surface area contributed by atoms with Crippen LogP contribution in [0.1, 0.15) is 40.1 Å². The molecule has 1 unspecified atom stereocenters. The number of benzene rings is 2. The van der Waals surface area contributed by atoms with Gasteiger partial charge in [-0.25, -0.2) is 9.97 Å². The third kappa shape index (κ3) is 4.25. The van der Waals surface area contributed by atoms with E-state index in [4.69, 9.17) is 0 Å². The monoisotopic (exact) mass is 346 g/mol. The summed E-state index contributed by atoms with van der Waals surface area (Å²) in [5.74, 6) is 0.167. The Bertz CT molecular complexity index is 909. The quantitative estimate of drug-likeness (QED) is 0.722. The molecule has 5 nitrogen and oxygen atoms in total. The predicted molar refractivity (Wildman–Crippen MR) is 104 cm³/mol. The van der Waals surface area contributed by atoms with Gasteiger partial charge in [-0.2, -0.15) is 0 Å². The van der Waals surface area contributed by atoms with E-state index in [0.29, 0.717) is 11.6 Å². The molecule has 0 fully saturated rings. The Balaban J connectivity index is 1.72. The highest BCUT2D eigenvalue weighted by molar-refractivity contribution is 5.92. The van der Waals surface area contributed by atoms with Crippen LogP contribution in [0.25, 0.3) is 0 Å². The van der Waals surface area contributed by atoms with Gasteiger partial charge in [-0.3, -0.25) is 4.79 Å². The molecule has 0 spiro atoms. The molecule has 26 heavy (non-hydrogen) atoms. The standard InChI is InChI=1S/C21H22N4O/c1-14-9-10-18(13-15(14)2)24-21-22-12-11-19(25-21)20(26)23-16(3)17-7-5-4-6-8-17/h4-13,16H,1-3H3,(H,23,26)(H,22,24,25). The van der Waals surface area contributed by atoms with E-state index >= 15 is 0 Å². The largest absolute Gasteiger partial charge is 0.344 e. The van der Waals surface area contributed by atoms with Crippen LogP contribution >= 0.6 is 0 Å². The molecule has 0 radical (unpaired) electrons. The lowest BCUT2D eigenvalue weighted by atomic mass is 10.1. The fourth-order valence-electron chi connectivity index (χ4n) is 2.59. The molecule has 1 aromatic heterocycles. The summed E-state index contributed by atoms with van der Waals surface area (Å²) in [5, 5.41) is 6.11. The van der Waals surface area contributed by atoms with Gasteiger partial charge in [0.25, 0.3) is 5.91 Å². The van der Waals surface area contributed by atoms with Crippen molar-refractivity contribution in [3.05, 3.63) is 83.2 Å². The minimum absolute atomic E-state index is 0.102. The van der Waals surface area contributed by atoms with Crippen molar-refractivity contribution in [3.63, 3.8) is 0 Å². The second-order valence-corrected chi connectivity index (χ2v) is 6.30. The zero-order chi connectivity index (χ0) is 18.5. The van der Waals surface area contributed by atoms with Crippen molar-refractivity contribution in [1.29, 1.82) is 0 Å². The lowest BCUT2D eigenvalue weighted by molar-refractivity contribution is 0.0935. The molecule has 0 saturated carbocycles. The summed E-state index contributed by atoms with van der Waals surface area (Å²) in [4.78, 5) is 21.0. The van der Waals surface area contributed by atoms with Crippen molar-refractivity contribution in [2.75, 3.05) is 5.32 Å². The number of carbonyl (C=O) groups is 1. The molecule has 132 valence electrons. The van der Waals surface area contributed by atoms with Crippen LogP contribution in [-0.4, -0.2) is 15.9 Å². The van der Waals surface area contributed by atoms with Crippen LogP contribution in [0.15, 0.2) is 60.8 Å². The van der Waals surface area contributed by atoms with Crippen molar-refractivity contribution < 1.29 is 4.79 Å². The molecule has 1 heterocycles. The van der Waals surface area contributed by atoms with Gasteiger partial charge in [-0.05, 0) is 55.7 Å². The second-order valence-electron chi connectivity index (χ2n) is 6.30. The maximum atomic E-state index is 12.5. The minimum atomic E-state index is -0.230. The molecule has 2 aromatic carbocycles. The second kappa shape index (κ2) is 7.78. The van der Waals surface area contributed by atoms with Gasteiger partial charge in [0.1, 0.15) is 5.69 Å². The lowest BCUT2D eigenvalue weighted by Crippen LogP contribution is -2.27. The summed E-state index contributed by atoms with van der Waals surface area (Å²) in [5.41, 5.74) is 4.67. The smallest absolute Gasteiger partial charge is 0.270 e. The Morgan fingerprint density at radius 1 is 1.00 bits per heavy atom. The van der Waals surface area contributed by atoms with E-state index in [1.165, 1.54) is 11.1 Å². The third-order valence-electron chi connectivity index (χ3n) is 4.30. The maximum Gasteiger partial charge on any atom is 0.270 e.